The highest BCUT2D eigenvalue weighted by molar-refractivity contribution is 7.11. The molecule has 2 heterocycles. The molecular weight excluding hydrogens is 266 g/mol. The first-order valence-electron chi connectivity index (χ1n) is 6.32. The number of aryl methyl sites for hydroxylation is 1. The maximum Gasteiger partial charge on any atom is 0.326 e. The number of urea groups is 1. The zero-order valence-corrected chi connectivity index (χ0v) is 11.6. The molecule has 1 atom stereocenters. The lowest BCUT2D eigenvalue weighted by molar-refractivity contribution is -0.141. The first-order valence-corrected chi connectivity index (χ1v) is 7.14. The fraction of sp³-hybridized carbons (Fsp3) is 0.583. The van der Waals surface area contributed by atoms with Gasteiger partial charge in [0.15, 0.2) is 0 Å². The lowest BCUT2D eigenvalue weighted by atomic mass is 10.2. The zero-order valence-electron chi connectivity index (χ0n) is 10.8. The number of hydrogen-bond acceptors (Lipinski definition) is 4. The molecule has 1 aromatic heterocycles. The number of likely N-dealkylation sites (tertiary alicyclic amines) is 1. The molecule has 7 heteroatoms. The minimum atomic E-state index is -0.935. The van der Waals surface area contributed by atoms with Gasteiger partial charge in [0.25, 0.3) is 0 Å². The Kier molecular flexibility index (Phi) is 4.36. The Morgan fingerprint density at radius 3 is 3.05 bits per heavy atom. The minimum absolute atomic E-state index is 0.321. The average molecular weight is 283 g/mol. The predicted octanol–water partition coefficient (Wildman–Crippen LogP) is 1.46. The summed E-state index contributed by atoms with van der Waals surface area (Å²) in [6.07, 6.45) is 4.00. The van der Waals surface area contributed by atoms with Crippen molar-refractivity contribution in [1.29, 1.82) is 0 Å². The summed E-state index contributed by atoms with van der Waals surface area (Å²) in [5, 5.41) is 12.6. The third-order valence-corrected chi connectivity index (χ3v) is 4.28. The van der Waals surface area contributed by atoms with E-state index in [1.807, 2.05) is 6.20 Å². The van der Waals surface area contributed by atoms with E-state index in [1.54, 1.807) is 11.3 Å². The lowest BCUT2D eigenvalue weighted by Crippen LogP contribution is -2.45. The highest BCUT2D eigenvalue weighted by atomic mass is 32.1. The Morgan fingerprint density at radius 1 is 1.63 bits per heavy atom. The fourth-order valence-corrected chi connectivity index (χ4v) is 2.91. The maximum absolute atomic E-state index is 11.9. The number of hydrogen-bond donors (Lipinski definition) is 2. The monoisotopic (exact) mass is 283 g/mol. The molecule has 104 valence electrons. The molecule has 0 bridgehead atoms. The Morgan fingerprint density at radius 2 is 2.42 bits per heavy atom. The van der Waals surface area contributed by atoms with E-state index in [-0.39, 0.29) is 6.03 Å². The Hall–Kier alpha value is -1.63. The number of carbonyl (C=O) groups excluding carboxylic acids is 1. The number of aromatic nitrogens is 1. The smallest absolute Gasteiger partial charge is 0.326 e. The number of thiazole rings is 1. The van der Waals surface area contributed by atoms with Gasteiger partial charge in [0.1, 0.15) is 11.0 Å². The second-order valence-corrected chi connectivity index (χ2v) is 5.62. The van der Waals surface area contributed by atoms with Crippen LogP contribution in [0, 0.1) is 0 Å². The van der Waals surface area contributed by atoms with Crippen molar-refractivity contribution < 1.29 is 14.7 Å². The molecule has 19 heavy (non-hydrogen) atoms. The van der Waals surface area contributed by atoms with E-state index in [4.69, 9.17) is 5.11 Å². The molecule has 0 spiro atoms. The van der Waals surface area contributed by atoms with E-state index in [0.29, 0.717) is 19.5 Å². The summed E-state index contributed by atoms with van der Waals surface area (Å²) < 4.78 is 0. The van der Waals surface area contributed by atoms with Crippen LogP contribution in [0.1, 0.15) is 29.7 Å². The Balaban J connectivity index is 1.88. The van der Waals surface area contributed by atoms with E-state index in [1.165, 1.54) is 9.78 Å². The second-order valence-electron chi connectivity index (χ2n) is 4.42. The average Bonchev–Trinajstić information content (AvgIpc) is 3.04. The first-order chi connectivity index (χ1) is 9.11. The molecule has 0 aromatic carbocycles. The Bertz CT molecular complexity index is 475. The van der Waals surface area contributed by atoms with Crippen molar-refractivity contribution in [2.45, 2.75) is 38.8 Å². The minimum Gasteiger partial charge on any atom is -0.480 e. The molecule has 1 aliphatic rings. The topological polar surface area (TPSA) is 82.5 Å². The van der Waals surface area contributed by atoms with Crippen LogP contribution in [0.3, 0.4) is 0 Å². The third-order valence-electron chi connectivity index (χ3n) is 3.14. The van der Waals surface area contributed by atoms with Crippen LogP contribution < -0.4 is 5.32 Å². The van der Waals surface area contributed by atoms with Gasteiger partial charge < -0.3 is 15.3 Å². The predicted molar refractivity (Wildman–Crippen MR) is 71.1 cm³/mol. The number of carboxylic acid groups (broad SMARTS) is 1. The van der Waals surface area contributed by atoms with Gasteiger partial charge in [0.05, 0.1) is 6.54 Å². The van der Waals surface area contributed by atoms with Crippen LogP contribution in [0.25, 0.3) is 0 Å². The number of nitrogens with zero attached hydrogens (tertiary/aromatic N) is 2. The maximum atomic E-state index is 11.9. The van der Waals surface area contributed by atoms with Crippen LogP contribution in [0.4, 0.5) is 4.79 Å². The normalized spacial score (nSPS) is 18.6. The molecule has 0 aliphatic carbocycles. The molecule has 0 saturated carbocycles. The van der Waals surface area contributed by atoms with Crippen molar-refractivity contribution in [2.75, 3.05) is 6.54 Å². The Labute approximate surface area is 115 Å². The summed E-state index contributed by atoms with van der Waals surface area (Å²) in [4.78, 5) is 29.7. The fourth-order valence-electron chi connectivity index (χ4n) is 2.11. The van der Waals surface area contributed by atoms with Crippen molar-refractivity contribution in [3.05, 3.63) is 16.1 Å². The molecule has 2 N–H and O–H groups in total. The van der Waals surface area contributed by atoms with Crippen molar-refractivity contribution in [1.82, 2.24) is 15.2 Å². The van der Waals surface area contributed by atoms with Crippen LogP contribution in [-0.2, 0) is 17.8 Å². The van der Waals surface area contributed by atoms with Crippen molar-refractivity contribution in [3.8, 4) is 0 Å². The van der Waals surface area contributed by atoms with Crippen molar-refractivity contribution in [2.24, 2.45) is 0 Å². The molecule has 1 fully saturated rings. The molecule has 0 radical (unpaired) electrons. The summed E-state index contributed by atoms with van der Waals surface area (Å²) in [5.41, 5.74) is 0. The quantitative estimate of drug-likeness (QED) is 0.876. The van der Waals surface area contributed by atoms with Gasteiger partial charge >= 0.3 is 12.0 Å². The van der Waals surface area contributed by atoms with Crippen LogP contribution in [0.15, 0.2) is 6.20 Å². The standard InChI is InChI=1S/C12H17N3O3S/c1-2-8-6-13-10(19-8)7-14-12(18)15-5-3-4-9(15)11(16)17/h6,9H,2-5,7H2,1H3,(H,14,18)(H,16,17)/t9-/m1/s1. The van der Waals surface area contributed by atoms with Crippen molar-refractivity contribution in [3.63, 3.8) is 0 Å². The van der Waals surface area contributed by atoms with Gasteiger partial charge in [-0.05, 0) is 19.3 Å². The first kappa shape index (κ1) is 13.8. The molecule has 1 saturated heterocycles. The number of aliphatic carboxylic acids is 1. The van der Waals surface area contributed by atoms with Gasteiger partial charge in [0, 0.05) is 17.6 Å². The van der Waals surface area contributed by atoms with Gasteiger partial charge in [0.2, 0.25) is 0 Å². The molecular formula is C12H17N3O3S. The van der Waals surface area contributed by atoms with E-state index in [0.717, 1.165) is 17.8 Å². The van der Waals surface area contributed by atoms with Crippen LogP contribution in [0.2, 0.25) is 0 Å². The van der Waals surface area contributed by atoms with Gasteiger partial charge in [-0.2, -0.15) is 0 Å². The van der Waals surface area contributed by atoms with Gasteiger partial charge in [-0.15, -0.1) is 11.3 Å². The van der Waals surface area contributed by atoms with Gasteiger partial charge in [-0.25, -0.2) is 14.6 Å². The van der Waals surface area contributed by atoms with Gasteiger partial charge in [-0.3, -0.25) is 0 Å². The number of carboxylic acids is 1. The molecule has 2 amide bonds. The summed E-state index contributed by atoms with van der Waals surface area (Å²) in [5.74, 6) is -0.935. The molecule has 2 rings (SSSR count). The summed E-state index contributed by atoms with van der Waals surface area (Å²) in [7, 11) is 0. The number of nitrogens with one attached hydrogen (secondary N) is 1. The van der Waals surface area contributed by atoms with Gasteiger partial charge in [-0.1, -0.05) is 6.92 Å². The summed E-state index contributed by atoms with van der Waals surface area (Å²) in [6.45, 7) is 2.91. The highest BCUT2D eigenvalue weighted by Crippen LogP contribution is 2.18. The van der Waals surface area contributed by atoms with E-state index < -0.39 is 12.0 Å². The zero-order chi connectivity index (χ0) is 13.8. The highest BCUT2D eigenvalue weighted by Gasteiger charge is 2.33. The van der Waals surface area contributed by atoms with Crippen molar-refractivity contribution >= 4 is 23.3 Å². The van der Waals surface area contributed by atoms with Crippen LogP contribution in [-0.4, -0.2) is 39.6 Å². The molecule has 6 nitrogen and oxygen atoms in total. The molecule has 0 unspecified atom stereocenters. The van der Waals surface area contributed by atoms with E-state index in [2.05, 4.69) is 17.2 Å². The van der Waals surface area contributed by atoms with Crippen LogP contribution in [0.5, 0.6) is 0 Å². The molecule has 1 aromatic rings. The summed E-state index contributed by atoms with van der Waals surface area (Å²) >= 11 is 1.56. The number of carbonyl (C=O) groups is 2. The van der Waals surface area contributed by atoms with E-state index >= 15 is 0 Å². The lowest BCUT2D eigenvalue weighted by Gasteiger charge is -2.21. The SMILES string of the molecule is CCc1cnc(CNC(=O)N2CCC[C@@H]2C(=O)O)s1. The third kappa shape index (κ3) is 3.23. The summed E-state index contributed by atoms with van der Waals surface area (Å²) in [6, 6.07) is -1.01. The molecule has 1 aliphatic heterocycles. The van der Waals surface area contributed by atoms with E-state index in [9.17, 15) is 9.59 Å². The van der Waals surface area contributed by atoms with Crippen LogP contribution >= 0.6 is 11.3 Å². The number of amides is 2. The largest absolute Gasteiger partial charge is 0.480 e. The second kappa shape index (κ2) is 6.01. The number of rotatable bonds is 4.